The average Bonchev–Trinajstić information content (AvgIpc) is 3.57. The Kier molecular flexibility index (Phi) is 9.56. The van der Waals surface area contributed by atoms with Crippen molar-refractivity contribution < 1.29 is 34.0 Å². The Morgan fingerprint density at radius 2 is 1.84 bits per heavy atom. The van der Waals surface area contributed by atoms with E-state index in [2.05, 4.69) is 20.9 Å². The molecule has 1 fully saturated rings. The van der Waals surface area contributed by atoms with E-state index >= 15 is 0 Å². The number of fused-ring (bicyclic) bond motifs is 1. The lowest BCUT2D eigenvalue weighted by Crippen LogP contribution is -2.55. The Balaban J connectivity index is 1.32. The highest BCUT2D eigenvalue weighted by molar-refractivity contribution is 8.00. The van der Waals surface area contributed by atoms with Crippen LogP contribution in [-0.4, -0.2) is 78.6 Å². The van der Waals surface area contributed by atoms with Gasteiger partial charge in [0, 0.05) is 16.2 Å². The molecular formula is C31H37N5O7S. The van der Waals surface area contributed by atoms with Gasteiger partial charge in [0.1, 0.15) is 42.0 Å². The molecule has 1 saturated heterocycles. The molecule has 13 heteroatoms. The third kappa shape index (κ3) is 6.90. The van der Waals surface area contributed by atoms with Crippen LogP contribution in [0.15, 0.2) is 59.2 Å². The van der Waals surface area contributed by atoms with Gasteiger partial charge in [0.2, 0.25) is 11.8 Å². The highest BCUT2D eigenvalue weighted by Gasteiger charge is 2.49. The van der Waals surface area contributed by atoms with Crippen LogP contribution in [0.2, 0.25) is 0 Å². The summed E-state index contributed by atoms with van der Waals surface area (Å²) in [5.74, 6) is -1.48. The molecule has 3 amide bonds. The minimum Gasteiger partial charge on any atom is -0.490 e. The number of carbonyl (C=O) groups is 3. The van der Waals surface area contributed by atoms with Gasteiger partial charge in [-0.25, -0.2) is 4.63 Å². The summed E-state index contributed by atoms with van der Waals surface area (Å²) in [4.78, 5) is 42.2. The quantitative estimate of drug-likeness (QED) is 0.262. The molecule has 234 valence electrons. The zero-order chi connectivity index (χ0) is 31.4. The Morgan fingerprint density at radius 3 is 2.57 bits per heavy atom. The molecule has 1 aromatic heterocycles. The fourth-order valence-corrected chi connectivity index (χ4v) is 6.77. The number of rotatable bonds is 10. The molecule has 3 aromatic rings. The summed E-state index contributed by atoms with van der Waals surface area (Å²) in [5, 5.41) is 35.2. The predicted molar refractivity (Wildman–Crippen MR) is 161 cm³/mol. The van der Waals surface area contributed by atoms with Gasteiger partial charge in [-0.2, -0.15) is 0 Å². The molecule has 0 aliphatic carbocycles. The van der Waals surface area contributed by atoms with Crippen LogP contribution in [0, 0.1) is 12.8 Å². The van der Waals surface area contributed by atoms with Crippen molar-refractivity contribution in [1.29, 1.82) is 0 Å². The molecule has 5 atom stereocenters. The monoisotopic (exact) mass is 623 g/mol. The fourth-order valence-electron chi connectivity index (χ4n) is 5.63. The van der Waals surface area contributed by atoms with Crippen LogP contribution >= 0.6 is 11.8 Å². The van der Waals surface area contributed by atoms with E-state index in [1.54, 1.807) is 25.1 Å². The number of ether oxygens (including phenoxy) is 1. The number of hydrogen-bond donors (Lipinski definition) is 4. The van der Waals surface area contributed by atoms with E-state index in [9.17, 15) is 24.6 Å². The van der Waals surface area contributed by atoms with Gasteiger partial charge in [-0.3, -0.25) is 14.4 Å². The SMILES string of the molecule is Cc1nonc1CNC(=O)[C@H]1N(C(=O)[C@@H](O)C[C@H](Cc2ccccc2)C(=O)N[C@H]2c3ccccc3OC[C@H]2O)CSC1(C)C. The minimum atomic E-state index is -1.55. The molecule has 2 aromatic carbocycles. The van der Waals surface area contributed by atoms with E-state index < -0.39 is 52.7 Å². The first-order chi connectivity index (χ1) is 21.0. The van der Waals surface area contributed by atoms with Crippen LogP contribution in [0.3, 0.4) is 0 Å². The summed E-state index contributed by atoms with van der Waals surface area (Å²) < 4.78 is 9.67. The van der Waals surface area contributed by atoms with E-state index in [1.807, 2.05) is 50.2 Å². The van der Waals surface area contributed by atoms with Crippen molar-refractivity contribution in [2.75, 3.05) is 12.5 Å². The smallest absolute Gasteiger partial charge is 0.252 e. The maximum atomic E-state index is 13.8. The second-order valence-electron chi connectivity index (χ2n) is 11.6. The van der Waals surface area contributed by atoms with E-state index in [0.29, 0.717) is 22.7 Å². The normalized spacial score (nSPS) is 21.9. The van der Waals surface area contributed by atoms with Crippen LogP contribution in [-0.2, 0) is 27.3 Å². The fraction of sp³-hybridized carbons (Fsp3) is 0.452. The molecule has 2 aliphatic rings. The number of thioether (sulfide) groups is 1. The molecule has 0 radical (unpaired) electrons. The lowest BCUT2D eigenvalue weighted by atomic mass is 9.90. The summed E-state index contributed by atoms with van der Waals surface area (Å²) in [6.45, 7) is 5.55. The third-order valence-corrected chi connectivity index (χ3v) is 9.46. The first-order valence-electron chi connectivity index (χ1n) is 14.5. The highest BCUT2D eigenvalue weighted by atomic mass is 32.2. The highest BCUT2D eigenvalue weighted by Crippen LogP contribution is 2.40. The van der Waals surface area contributed by atoms with E-state index in [-0.39, 0.29) is 31.9 Å². The van der Waals surface area contributed by atoms with Gasteiger partial charge in [0.25, 0.3) is 5.91 Å². The molecule has 0 spiro atoms. The van der Waals surface area contributed by atoms with Crippen LogP contribution in [0.25, 0.3) is 0 Å². The maximum Gasteiger partial charge on any atom is 0.252 e. The number of nitrogens with zero attached hydrogens (tertiary/aromatic N) is 3. The summed E-state index contributed by atoms with van der Waals surface area (Å²) in [5.41, 5.74) is 2.53. The van der Waals surface area contributed by atoms with Gasteiger partial charge in [0.05, 0.1) is 18.5 Å². The molecular weight excluding hydrogens is 586 g/mol. The number of para-hydroxylation sites is 1. The van der Waals surface area contributed by atoms with Gasteiger partial charge >= 0.3 is 0 Å². The zero-order valence-corrected chi connectivity index (χ0v) is 25.6. The number of aryl methyl sites for hydroxylation is 1. The van der Waals surface area contributed by atoms with E-state index in [0.717, 1.165) is 5.56 Å². The van der Waals surface area contributed by atoms with Crippen molar-refractivity contribution in [3.63, 3.8) is 0 Å². The van der Waals surface area contributed by atoms with Crippen LogP contribution in [0.4, 0.5) is 0 Å². The number of nitrogens with one attached hydrogen (secondary N) is 2. The van der Waals surface area contributed by atoms with Crippen molar-refractivity contribution in [2.45, 2.75) is 69.2 Å². The van der Waals surface area contributed by atoms with E-state index in [1.165, 1.54) is 16.7 Å². The maximum absolute atomic E-state index is 13.8. The minimum absolute atomic E-state index is 0.0189. The Hall–Kier alpha value is -3.94. The van der Waals surface area contributed by atoms with Gasteiger partial charge < -0.3 is 30.5 Å². The number of amides is 3. The third-order valence-electron chi connectivity index (χ3n) is 8.09. The number of aromatic nitrogens is 2. The largest absolute Gasteiger partial charge is 0.490 e. The Bertz CT molecular complexity index is 1480. The van der Waals surface area contributed by atoms with Crippen molar-refractivity contribution in [3.05, 3.63) is 77.1 Å². The standard InChI is InChI=1S/C31H37N5O7S/c1-18-22(35-43-34-18)15-32-29(40)27-31(2,3)44-17-36(27)30(41)23(37)14-20(13-19-9-5-4-6-10-19)28(39)33-26-21-11-7-8-12-25(21)42-16-24(26)38/h4-12,20,23-24,26-27,37-38H,13-17H2,1-3H3,(H,32,40)(H,33,39)/t20-,23-,24+,26-,27+/m0/s1. The molecule has 0 saturated carbocycles. The van der Waals surface area contributed by atoms with E-state index in [4.69, 9.17) is 9.37 Å². The lowest BCUT2D eigenvalue weighted by Gasteiger charge is -2.33. The number of hydrogen-bond acceptors (Lipinski definition) is 10. The molecule has 0 unspecified atom stereocenters. The van der Waals surface area contributed by atoms with Gasteiger partial charge in [-0.1, -0.05) is 58.8 Å². The first kappa shape index (κ1) is 31.5. The summed E-state index contributed by atoms with van der Waals surface area (Å²) in [7, 11) is 0. The summed E-state index contributed by atoms with van der Waals surface area (Å²) in [6, 6.07) is 14.9. The first-order valence-corrected chi connectivity index (χ1v) is 15.5. The van der Waals surface area contributed by atoms with Crippen LogP contribution in [0.5, 0.6) is 5.75 Å². The van der Waals surface area contributed by atoms with Gasteiger partial charge in [0.15, 0.2) is 0 Å². The predicted octanol–water partition coefficient (Wildman–Crippen LogP) is 1.90. The number of aliphatic hydroxyl groups excluding tert-OH is 2. The topological polar surface area (TPSA) is 167 Å². The Labute approximate surface area is 259 Å². The Morgan fingerprint density at radius 1 is 1.11 bits per heavy atom. The van der Waals surface area contributed by atoms with Crippen LogP contribution in [0.1, 0.15) is 48.8 Å². The molecule has 4 N–H and O–H groups in total. The second-order valence-corrected chi connectivity index (χ2v) is 13.2. The van der Waals surface area contributed by atoms with Crippen molar-refractivity contribution in [3.8, 4) is 5.75 Å². The average molecular weight is 624 g/mol. The van der Waals surface area contributed by atoms with Crippen molar-refractivity contribution in [1.82, 2.24) is 25.8 Å². The molecule has 12 nitrogen and oxygen atoms in total. The molecule has 44 heavy (non-hydrogen) atoms. The molecule has 0 bridgehead atoms. The summed E-state index contributed by atoms with van der Waals surface area (Å²) in [6.07, 6.45) is -2.45. The van der Waals surface area contributed by atoms with Crippen molar-refractivity contribution in [2.24, 2.45) is 5.92 Å². The van der Waals surface area contributed by atoms with Gasteiger partial charge in [-0.15, -0.1) is 11.8 Å². The van der Waals surface area contributed by atoms with Crippen LogP contribution < -0.4 is 15.4 Å². The summed E-state index contributed by atoms with van der Waals surface area (Å²) >= 11 is 1.43. The zero-order valence-electron chi connectivity index (χ0n) is 24.8. The number of aliphatic hydroxyl groups is 2. The number of carbonyl (C=O) groups excluding carboxylic acids is 3. The number of benzene rings is 2. The molecule has 5 rings (SSSR count). The molecule has 2 aliphatic heterocycles. The lowest BCUT2D eigenvalue weighted by molar-refractivity contribution is -0.147. The van der Waals surface area contributed by atoms with Gasteiger partial charge in [-0.05, 0) is 45.2 Å². The molecule has 3 heterocycles. The van der Waals surface area contributed by atoms with Crippen molar-refractivity contribution >= 4 is 29.5 Å². The second kappa shape index (κ2) is 13.4.